The molecule has 20 heavy (non-hydrogen) atoms. The maximum absolute atomic E-state index is 6.06. The van der Waals surface area contributed by atoms with E-state index in [1.807, 2.05) is 0 Å². The summed E-state index contributed by atoms with van der Waals surface area (Å²) in [7, 11) is 1.64. The van der Waals surface area contributed by atoms with E-state index in [9.17, 15) is 0 Å². The Balaban J connectivity index is 1.94. The minimum atomic E-state index is 0.262. The molecule has 0 unspecified atom stereocenters. The normalized spacial score (nSPS) is 10.8. The Labute approximate surface area is 126 Å². The zero-order chi connectivity index (χ0) is 14.4. The van der Waals surface area contributed by atoms with Crippen molar-refractivity contribution in [1.82, 2.24) is 15.5 Å². The first kappa shape index (κ1) is 15.1. The molecule has 0 amide bonds. The van der Waals surface area contributed by atoms with Gasteiger partial charge in [0.25, 0.3) is 0 Å². The molecular weight excluding hydrogens is 303 g/mol. The fourth-order valence-corrected chi connectivity index (χ4v) is 1.81. The van der Waals surface area contributed by atoms with Gasteiger partial charge >= 0.3 is 6.01 Å². The summed E-state index contributed by atoms with van der Waals surface area (Å²) in [5, 5.41) is 14.7. The highest BCUT2D eigenvalue weighted by atomic mass is 35.5. The number of aromatic nitrogens is 2. The second-order valence-electron chi connectivity index (χ2n) is 3.90. The van der Waals surface area contributed by atoms with Crippen LogP contribution >= 0.6 is 23.2 Å². The topological polar surface area (TPSA) is 72.2 Å². The number of anilines is 2. The quantitative estimate of drug-likeness (QED) is 0.765. The second kappa shape index (κ2) is 7.44. The molecule has 108 valence electrons. The maximum Gasteiger partial charge on any atom is 0.320 e. The molecule has 0 saturated carbocycles. The molecule has 0 aliphatic rings. The van der Waals surface area contributed by atoms with Crippen LogP contribution in [0.15, 0.2) is 22.6 Å². The number of ether oxygens (including phenoxy) is 1. The first-order valence-corrected chi connectivity index (χ1v) is 6.69. The molecular formula is C12H14Cl2N4O2. The molecule has 1 aromatic heterocycles. The van der Waals surface area contributed by atoms with Gasteiger partial charge in [0, 0.05) is 13.7 Å². The Morgan fingerprint density at radius 3 is 2.95 bits per heavy atom. The Morgan fingerprint density at radius 2 is 2.15 bits per heavy atom. The Kier molecular flexibility index (Phi) is 5.60. The van der Waals surface area contributed by atoms with Gasteiger partial charge in [-0.15, -0.1) is 5.10 Å². The van der Waals surface area contributed by atoms with E-state index >= 15 is 0 Å². The lowest BCUT2D eigenvalue weighted by Gasteiger charge is -2.04. The third-order valence-corrected chi connectivity index (χ3v) is 3.24. The van der Waals surface area contributed by atoms with E-state index in [-0.39, 0.29) is 6.01 Å². The van der Waals surface area contributed by atoms with Crippen molar-refractivity contribution in [3.05, 3.63) is 34.1 Å². The summed E-state index contributed by atoms with van der Waals surface area (Å²) in [5.74, 6) is 0.474. The van der Waals surface area contributed by atoms with Gasteiger partial charge < -0.3 is 19.8 Å². The molecule has 0 fully saturated rings. The number of nitrogens with zero attached hydrogens (tertiary/aromatic N) is 2. The van der Waals surface area contributed by atoms with Crippen molar-refractivity contribution in [3.8, 4) is 0 Å². The summed E-state index contributed by atoms with van der Waals surface area (Å²) in [6.07, 6.45) is 0. The van der Waals surface area contributed by atoms with Crippen LogP contribution in [-0.4, -0.2) is 30.5 Å². The fraction of sp³-hybridized carbons (Fsp3) is 0.333. The number of hydrogen-bond donors (Lipinski definition) is 2. The highest BCUT2D eigenvalue weighted by molar-refractivity contribution is 6.43. The van der Waals surface area contributed by atoms with Crippen molar-refractivity contribution < 1.29 is 9.15 Å². The molecule has 0 aliphatic carbocycles. The van der Waals surface area contributed by atoms with Gasteiger partial charge in [-0.1, -0.05) is 34.4 Å². The van der Waals surface area contributed by atoms with Gasteiger partial charge in [0.05, 0.1) is 28.9 Å². The largest absolute Gasteiger partial charge is 0.406 e. The van der Waals surface area contributed by atoms with Crippen molar-refractivity contribution in [3.63, 3.8) is 0 Å². The number of halogens is 2. The first-order valence-electron chi connectivity index (χ1n) is 5.94. The van der Waals surface area contributed by atoms with Gasteiger partial charge in [-0.25, -0.2) is 0 Å². The highest BCUT2D eigenvalue weighted by Gasteiger charge is 2.09. The predicted octanol–water partition coefficient (Wildman–Crippen LogP) is 2.86. The van der Waals surface area contributed by atoms with Crippen LogP contribution in [0.2, 0.25) is 10.0 Å². The van der Waals surface area contributed by atoms with Crippen molar-refractivity contribution in [2.24, 2.45) is 0 Å². The van der Waals surface area contributed by atoms with Crippen LogP contribution < -0.4 is 10.6 Å². The number of nitrogens with one attached hydrogen (secondary N) is 2. The average molecular weight is 317 g/mol. The predicted molar refractivity (Wildman–Crippen MR) is 77.6 cm³/mol. The molecule has 0 spiro atoms. The standard InChI is InChI=1S/C12H14Cl2N4O2/c1-19-6-5-15-7-10-17-18-12(20-10)16-9-4-2-3-8(13)11(9)14/h2-4,15H,5-7H2,1H3,(H,16,18). The molecule has 0 saturated heterocycles. The monoisotopic (exact) mass is 316 g/mol. The Hall–Kier alpha value is -1.34. The van der Waals surface area contributed by atoms with Crippen LogP contribution in [0.3, 0.4) is 0 Å². The molecule has 2 aromatic rings. The minimum absolute atomic E-state index is 0.262. The SMILES string of the molecule is COCCNCc1nnc(Nc2cccc(Cl)c2Cl)o1. The lowest BCUT2D eigenvalue weighted by atomic mass is 10.3. The van der Waals surface area contributed by atoms with E-state index in [1.165, 1.54) is 0 Å². The summed E-state index contributed by atoms with van der Waals surface area (Å²) in [6.45, 7) is 1.81. The summed E-state index contributed by atoms with van der Waals surface area (Å²) in [4.78, 5) is 0. The van der Waals surface area contributed by atoms with Gasteiger partial charge in [0.15, 0.2) is 0 Å². The number of benzene rings is 1. The molecule has 2 N–H and O–H groups in total. The minimum Gasteiger partial charge on any atom is -0.406 e. The molecule has 0 bridgehead atoms. The summed E-state index contributed by atoms with van der Waals surface area (Å²) in [5.41, 5.74) is 0.613. The third-order valence-electron chi connectivity index (χ3n) is 2.42. The molecule has 1 aromatic carbocycles. The van der Waals surface area contributed by atoms with Crippen molar-refractivity contribution in [2.75, 3.05) is 25.6 Å². The van der Waals surface area contributed by atoms with E-state index in [1.54, 1.807) is 25.3 Å². The zero-order valence-corrected chi connectivity index (χ0v) is 12.3. The van der Waals surface area contributed by atoms with E-state index in [4.69, 9.17) is 32.4 Å². The first-order chi connectivity index (χ1) is 9.70. The lowest BCUT2D eigenvalue weighted by molar-refractivity contribution is 0.198. The Bertz CT molecular complexity index is 562. The van der Waals surface area contributed by atoms with Crippen LogP contribution in [0.5, 0.6) is 0 Å². The van der Waals surface area contributed by atoms with Gasteiger partial charge in [-0.3, -0.25) is 0 Å². The smallest absolute Gasteiger partial charge is 0.320 e. The lowest BCUT2D eigenvalue weighted by Crippen LogP contribution is -2.18. The zero-order valence-electron chi connectivity index (χ0n) is 10.8. The van der Waals surface area contributed by atoms with Gasteiger partial charge in [0.1, 0.15) is 0 Å². The van der Waals surface area contributed by atoms with Crippen molar-refractivity contribution >= 4 is 34.9 Å². The molecule has 2 rings (SSSR count). The Morgan fingerprint density at radius 1 is 1.30 bits per heavy atom. The number of hydrogen-bond acceptors (Lipinski definition) is 6. The van der Waals surface area contributed by atoms with Crippen LogP contribution in [0.1, 0.15) is 5.89 Å². The molecule has 0 radical (unpaired) electrons. The van der Waals surface area contributed by atoms with Crippen LogP contribution in [0.25, 0.3) is 0 Å². The van der Waals surface area contributed by atoms with Crippen LogP contribution in [-0.2, 0) is 11.3 Å². The highest BCUT2D eigenvalue weighted by Crippen LogP contribution is 2.31. The van der Waals surface area contributed by atoms with Crippen molar-refractivity contribution in [1.29, 1.82) is 0 Å². The van der Waals surface area contributed by atoms with E-state index < -0.39 is 0 Å². The van der Waals surface area contributed by atoms with E-state index in [2.05, 4.69) is 20.8 Å². The average Bonchev–Trinajstić information content (AvgIpc) is 2.88. The maximum atomic E-state index is 6.06. The van der Waals surface area contributed by atoms with Crippen LogP contribution in [0, 0.1) is 0 Å². The van der Waals surface area contributed by atoms with Crippen molar-refractivity contribution in [2.45, 2.75) is 6.54 Å². The molecule has 1 heterocycles. The summed E-state index contributed by atoms with van der Waals surface area (Å²) < 4.78 is 10.3. The molecule has 0 atom stereocenters. The summed E-state index contributed by atoms with van der Waals surface area (Å²) >= 11 is 12.0. The van der Waals surface area contributed by atoms with Gasteiger partial charge in [0.2, 0.25) is 5.89 Å². The number of methoxy groups -OCH3 is 1. The molecule has 8 heteroatoms. The third kappa shape index (κ3) is 4.08. The van der Waals surface area contributed by atoms with Gasteiger partial charge in [-0.05, 0) is 12.1 Å². The fourth-order valence-electron chi connectivity index (χ4n) is 1.46. The molecule has 0 aliphatic heterocycles. The van der Waals surface area contributed by atoms with E-state index in [0.717, 1.165) is 0 Å². The van der Waals surface area contributed by atoms with Crippen LogP contribution in [0.4, 0.5) is 11.7 Å². The summed E-state index contributed by atoms with van der Waals surface area (Å²) in [6, 6.07) is 5.51. The second-order valence-corrected chi connectivity index (χ2v) is 4.68. The molecule has 6 nitrogen and oxygen atoms in total. The number of rotatable bonds is 7. The van der Waals surface area contributed by atoms with Gasteiger partial charge in [-0.2, -0.15) is 0 Å². The van der Waals surface area contributed by atoms with E-state index in [0.29, 0.717) is 41.3 Å².